The van der Waals surface area contributed by atoms with Crippen LogP contribution in [0.1, 0.15) is 22.8 Å². The van der Waals surface area contributed by atoms with Crippen molar-refractivity contribution in [2.24, 2.45) is 0 Å². The van der Waals surface area contributed by atoms with Crippen LogP contribution in [0.5, 0.6) is 11.6 Å². The third-order valence-corrected chi connectivity index (χ3v) is 5.89. The van der Waals surface area contributed by atoms with E-state index in [0.29, 0.717) is 35.4 Å². The third kappa shape index (κ3) is 4.89. The first-order valence-electron chi connectivity index (χ1n) is 11.4. The van der Waals surface area contributed by atoms with Crippen molar-refractivity contribution in [1.29, 1.82) is 0 Å². The molecule has 0 bridgehead atoms. The van der Waals surface area contributed by atoms with Gasteiger partial charge < -0.3 is 10.1 Å². The van der Waals surface area contributed by atoms with E-state index in [4.69, 9.17) is 4.74 Å². The van der Waals surface area contributed by atoms with Crippen molar-refractivity contribution in [3.63, 3.8) is 0 Å². The Bertz CT molecular complexity index is 1520. The van der Waals surface area contributed by atoms with Crippen molar-refractivity contribution in [1.82, 2.24) is 19.5 Å². The largest absolute Gasteiger partial charge is 0.439 e. The third-order valence-electron chi connectivity index (χ3n) is 5.89. The van der Waals surface area contributed by atoms with Crippen LogP contribution in [0.4, 0.5) is 5.69 Å². The minimum Gasteiger partial charge on any atom is -0.439 e. The molecular weight excluding hydrogens is 438 g/mol. The van der Waals surface area contributed by atoms with Crippen LogP contribution < -0.4 is 10.1 Å². The van der Waals surface area contributed by atoms with E-state index < -0.39 is 0 Å². The molecule has 0 aliphatic heterocycles. The molecule has 0 aliphatic carbocycles. The molecule has 1 N–H and O–H groups in total. The predicted molar refractivity (Wildman–Crippen MR) is 136 cm³/mol. The number of hydrogen-bond acceptors (Lipinski definition) is 5. The molecule has 7 heteroatoms. The zero-order chi connectivity index (χ0) is 24.4. The zero-order valence-corrected chi connectivity index (χ0v) is 19.8. The van der Waals surface area contributed by atoms with Gasteiger partial charge >= 0.3 is 0 Å². The number of benzene rings is 3. The fraction of sp³-hybridized carbons (Fsp3) is 0.143. The van der Waals surface area contributed by atoms with Gasteiger partial charge in [-0.05, 0) is 61.4 Å². The van der Waals surface area contributed by atoms with E-state index in [-0.39, 0.29) is 5.91 Å². The Hall–Kier alpha value is -4.52. The highest BCUT2D eigenvalue weighted by Crippen LogP contribution is 2.24. The normalized spacial score (nSPS) is 10.9. The molecule has 0 atom stereocenters. The molecular formula is C28H25N5O2. The van der Waals surface area contributed by atoms with Crippen LogP contribution in [0.15, 0.2) is 79.1 Å². The Labute approximate surface area is 203 Å². The highest BCUT2D eigenvalue weighted by atomic mass is 16.5. The number of nitrogens with zero attached hydrogens (tertiary/aromatic N) is 4. The van der Waals surface area contributed by atoms with Crippen molar-refractivity contribution in [2.75, 3.05) is 5.32 Å². The molecule has 0 saturated carbocycles. The van der Waals surface area contributed by atoms with E-state index in [1.54, 1.807) is 24.5 Å². The van der Waals surface area contributed by atoms with Crippen LogP contribution in [0.25, 0.3) is 16.6 Å². The summed E-state index contributed by atoms with van der Waals surface area (Å²) in [5, 5.41) is 5.18. The lowest BCUT2D eigenvalue weighted by Gasteiger charge is -2.11. The van der Waals surface area contributed by atoms with Gasteiger partial charge in [0.25, 0.3) is 0 Å². The average molecular weight is 464 g/mol. The first-order valence-corrected chi connectivity index (χ1v) is 11.4. The molecule has 1 amide bonds. The monoisotopic (exact) mass is 463 g/mol. The number of ether oxygens (including phenoxy) is 1. The molecule has 0 spiro atoms. The maximum atomic E-state index is 12.7. The minimum atomic E-state index is -0.0721. The lowest BCUT2D eigenvalue weighted by molar-refractivity contribution is -0.115. The fourth-order valence-electron chi connectivity index (χ4n) is 3.98. The summed E-state index contributed by atoms with van der Waals surface area (Å²) in [6, 6.07) is 23.1. The van der Waals surface area contributed by atoms with Gasteiger partial charge in [0.2, 0.25) is 11.8 Å². The van der Waals surface area contributed by atoms with Crippen LogP contribution in [0.2, 0.25) is 0 Å². The first-order chi connectivity index (χ1) is 17.0. The van der Waals surface area contributed by atoms with Gasteiger partial charge in [-0.1, -0.05) is 42.5 Å². The second kappa shape index (κ2) is 9.38. The highest BCUT2D eigenvalue weighted by Gasteiger charge is 2.11. The van der Waals surface area contributed by atoms with Gasteiger partial charge in [0.05, 0.1) is 12.1 Å². The number of amides is 1. The van der Waals surface area contributed by atoms with Gasteiger partial charge in [-0.2, -0.15) is 4.98 Å². The quantitative estimate of drug-likeness (QED) is 0.349. The lowest BCUT2D eigenvalue weighted by atomic mass is 10.0. The number of imidazole rings is 1. The molecule has 35 heavy (non-hydrogen) atoms. The summed E-state index contributed by atoms with van der Waals surface area (Å²) < 4.78 is 7.88. The average Bonchev–Trinajstić information content (AvgIpc) is 3.18. The SMILES string of the molecule is Cc1nc(Oc2ccc(NC(=O)Cc3cccc4ccccc34)cc2)cc(-n2cnc(C)c2C)n1. The van der Waals surface area contributed by atoms with Crippen LogP contribution in [-0.2, 0) is 11.2 Å². The van der Waals surface area contributed by atoms with Gasteiger partial charge in [0.15, 0.2) is 0 Å². The molecule has 3 aromatic carbocycles. The molecule has 2 heterocycles. The number of carbonyl (C=O) groups excluding carboxylic acids is 1. The summed E-state index contributed by atoms with van der Waals surface area (Å²) in [6.07, 6.45) is 2.04. The summed E-state index contributed by atoms with van der Waals surface area (Å²) in [5.74, 6) is 2.27. The molecule has 7 nitrogen and oxygen atoms in total. The number of aryl methyl sites for hydroxylation is 2. The van der Waals surface area contributed by atoms with Crippen LogP contribution in [0.3, 0.4) is 0 Å². The van der Waals surface area contributed by atoms with Crippen LogP contribution in [0, 0.1) is 20.8 Å². The molecule has 174 valence electrons. The summed E-state index contributed by atoms with van der Waals surface area (Å²) in [5.41, 5.74) is 3.66. The van der Waals surface area contributed by atoms with Gasteiger partial charge in [0.1, 0.15) is 23.7 Å². The van der Waals surface area contributed by atoms with Gasteiger partial charge in [-0.3, -0.25) is 9.36 Å². The number of nitrogens with one attached hydrogen (secondary N) is 1. The van der Waals surface area contributed by atoms with E-state index in [0.717, 1.165) is 27.7 Å². The van der Waals surface area contributed by atoms with E-state index >= 15 is 0 Å². The van der Waals surface area contributed by atoms with Crippen LogP contribution in [-0.4, -0.2) is 25.4 Å². The Morgan fingerprint density at radius 2 is 1.71 bits per heavy atom. The lowest BCUT2D eigenvalue weighted by Crippen LogP contribution is -2.14. The Balaban J connectivity index is 1.27. The smallest absolute Gasteiger partial charge is 0.228 e. The van der Waals surface area contributed by atoms with Crippen molar-refractivity contribution in [2.45, 2.75) is 27.2 Å². The molecule has 0 aliphatic rings. The number of fused-ring (bicyclic) bond motifs is 1. The van der Waals surface area contributed by atoms with Crippen LogP contribution >= 0.6 is 0 Å². The second-order valence-electron chi connectivity index (χ2n) is 8.39. The summed E-state index contributed by atoms with van der Waals surface area (Å²) in [7, 11) is 0. The highest BCUT2D eigenvalue weighted by molar-refractivity contribution is 5.96. The van der Waals surface area contributed by atoms with Crippen molar-refractivity contribution >= 4 is 22.4 Å². The molecule has 5 aromatic rings. The number of hydrogen-bond donors (Lipinski definition) is 1. The van der Waals surface area contributed by atoms with Crippen molar-refractivity contribution in [3.8, 4) is 17.4 Å². The van der Waals surface area contributed by atoms with Gasteiger partial charge in [-0.25, -0.2) is 9.97 Å². The number of anilines is 1. The van der Waals surface area contributed by atoms with E-state index in [1.165, 1.54) is 0 Å². The number of aromatic nitrogens is 4. The number of rotatable bonds is 6. The first kappa shape index (κ1) is 22.3. The zero-order valence-electron chi connectivity index (χ0n) is 19.8. The standard InChI is InChI=1S/C28H25N5O2/c1-18-19(2)33(17-29-18)26-16-28(31-20(3)30-26)35-24-13-11-23(12-14-24)32-27(34)15-22-9-6-8-21-7-4-5-10-25(21)22/h4-14,16-17H,15H2,1-3H3,(H,32,34). The molecule has 0 fully saturated rings. The topological polar surface area (TPSA) is 81.9 Å². The van der Waals surface area contributed by atoms with Gasteiger partial charge in [0, 0.05) is 17.4 Å². The summed E-state index contributed by atoms with van der Waals surface area (Å²) in [6.45, 7) is 5.78. The van der Waals surface area contributed by atoms with Crippen molar-refractivity contribution < 1.29 is 9.53 Å². The molecule has 0 radical (unpaired) electrons. The van der Waals surface area contributed by atoms with Gasteiger partial charge in [-0.15, -0.1) is 0 Å². The minimum absolute atomic E-state index is 0.0721. The molecule has 0 saturated heterocycles. The predicted octanol–water partition coefficient (Wildman–Crippen LogP) is 5.71. The molecule has 0 unspecified atom stereocenters. The summed E-state index contributed by atoms with van der Waals surface area (Å²) in [4.78, 5) is 25.9. The number of carbonyl (C=O) groups is 1. The van der Waals surface area contributed by atoms with E-state index in [2.05, 4.69) is 32.4 Å². The van der Waals surface area contributed by atoms with E-state index in [1.807, 2.05) is 67.8 Å². The maximum absolute atomic E-state index is 12.7. The maximum Gasteiger partial charge on any atom is 0.228 e. The second-order valence-corrected chi connectivity index (χ2v) is 8.39. The summed E-state index contributed by atoms with van der Waals surface area (Å²) >= 11 is 0. The Kier molecular flexibility index (Phi) is 5.97. The van der Waals surface area contributed by atoms with Crippen molar-refractivity contribution in [3.05, 3.63) is 102 Å². The Morgan fingerprint density at radius 1 is 0.943 bits per heavy atom. The van der Waals surface area contributed by atoms with E-state index in [9.17, 15) is 4.79 Å². The Morgan fingerprint density at radius 3 is 2.49 bits per heavy atom. The molecule has 2 aromatic heterocycles. The molecule has 5 rings (SSSR count). The fourth-order valence-corrected chi connectivity index (χ4v) is 3.98.